The molecule has 0 aromatic heterocycles. The smallest absolute Gasteiger partial charge is 0.242 e. The zero-order valence-corrected chi connectivity index (χ0v) is 16.4. The van der Waals surface area contributed by atoms with Crippen LogP contribution in [0.1, 0.15) is 38.3 Å². The molecule has 1 N–H and O–H groups in total. The monoisotopic (exact) mass is 388 g/mol. The first-order valence-electron chi connectivity index (χ1n) is 9.39. The second-order valence-electron chi connectivity index (χ2n) is 6.91. The zero-order valence-electron chi connectivity index (χ0n) is 16.4. The molecule has 2 aromatic rings. The summed E-state index contributed by atoms with van der Waals surface area (Å²) in [6.07, 6.45) is 0.606. The first-order chi connectivity index (χ1) is 13.3. The maximum absolute atomic E-state index is 14.0. The van der Waals surface area contributed by atoms with Crippen LogP contribution in [0.3, 0.4) is 0 Å². The van der Waals surface area contributed by atoms with Gasteiger partial charge in [-0.25, -0.2) is 8.78 Å². The molecule has 2 atom stereocenters. The number of hydrogen-bond donors (Lipinski definition) is 1. The predicted octanol–water partition coefficient (Wildman–Crippen LogP) is 3.84. The topological polar surface area (TPSA) is 49.4 Å². The summed E-state index contributed by atoms with van der Waals surface area (Å²) in [5.41, 5.74) is 0.956. The highest BCUT2D eigenvalue weighted by Gasteiger charge is 2.27. The Hall–Kier alpha value is -2.76. The van der Waals surface area contributed by atoms with E-state index in [0.717, 1.165) is 6.42 Å². The molecule has 0 aliphatic carbocycles. The van der Waals surface area contributed by atoms with Crippen molar-refractivity contribution in [1.29, 1.82) is 0 Å². The van der Waals surface area contributed by atoms with E-state index in [1.807, 2.05) is 13.8 Å². The molecule has 0 spiro atoms. The van der Waals surface area contributed by atoms with Gasteiger partial charge >= 0.3 is 0 Å². The van der Waals surface area contributed by atoms with Crippen LogP contribution in [-0.2, 0) is 22.6 Å². The number of halogens is 2. The Balaban J connectivity index is 2.23. The molecule has 2 aromatic carbocycles. The molecular weight excluding hydrogens is 362 g/mol. The van der Waals surface area contributed by atoms with Crippen LogP contribution < -0.4 is 5.32 Å². The lowest BCUT2D eigenvalue weighted by Gasteiger charge is -2.30. The minimum absolute atomic E-state index is 0.0238. The number of benzene rings is 2. The number of carbonyl (C=O) groups excluding carboxylic acids is 2. The number of nitrogens with zero attached hydrogens (tertiary/aromatic N) is 1. The molecule has 0 bridgehead atoms. The van der Waals surface area contributed by atoms with E-state index in [2.05, 4.69) is 5.32 Å². The third-order valence-corrected chi connectivity index (χ3v) is 4.73. The molecule has 0 saturated carbocycles. The van der Waals surface area contributed by atoms with Gasteiger partial charge in [0.05, 0.1) is 6.42 Å². The van der Waals surface area contributed by atoms with Gasteiger partial charge in [-0.2, -0.15) is 0 Å². The van der Waals surface area contributed by atoms with Crippen molar-refractivity contribution >= 4 is 11.8 Å². The molecule has 0 fully saturated rings. The van der Waals surface area contributed by atoms with Crippen molar-refractivity contribution in [3.8, 4) is 0 Å². The van der Waals surface area contributed by atoms with Crippen LogP contribution in [0.2, 0.25) is 0 Å². The van der Waals surface area contributed by atoms with Gasteiger partial charge in [-0.15, -0.1) is 0 Å². The van der Waals surface area contributed by atoms with Gasteiger partial charge in [0.2, 0.25) is 11.8 Å². The van der Waals surface area contributed by atoms with E-state index in [-0.39, 0.29) is 42.2 Å². The quantitative estimate of drug-likeness (QED) is 0.747. The molecule has 0 heterocycles. The van der Waals surface area contributed by atoms with Gasteiger partial charge < -0.3 is 10.2 Å². The minimum Gasteiger partial charge on any atom is -0.352 e. The number of rotatable bonds is 8. The number of nitrogens with one attached hydrogen (secondary N) is 1. The highest BCUT2D eigenvalue weighted by Crippen LogP contribution is 2.15. The summed E-state index contributed by atoms with van der Waals surface area (Å²) in [6.45, 7) is 5.61. The first-order valence-corrected chi connectivity index (χ1v) is 9.39. The summed E-state index contributed by atoms with van der Waals surface area (Å²) in [5, 5.41) is 2.87. The van der Waals surface area contributed by atoms with Gasteiger partial charge in [-0.05, 0) is 49.6 Å². The molecule has 0 saturated heterocycles. The Morgan fingerprint density at radius 3 is 2.29 bits per heavy atom. The Labute approximate surface area is 164 Å². The van der Waals surface area contributed by atoms with E-state index in [4.69, 9.17) is 0 Å². The van der Waals surface area contributed by atoms with E-state index in [0.29, 0.717) is 5.56 Å². The van der Waals surface area contributed by atoms with E-state index in [1.54, 1.807) is 37.3 Å². The fraction of sp³-hybridized carbons (Fsp3) is 0.364. The van der Waals surface area contributed by atoms with Crippen LogP contribution in [0.25, 0.3) is 0 Å². The van der Waals surface area contributed by atoms with Crippen LogP contribution in [0, 0.1) is 11.6 Å². The van der Waals surface area contributed by atoms with E-state index >= 15 is 0 Å². The summed E-state index contributed by atoms with van der Waals surface area (Å²) < 4.78 is 27.2. The fourth-order valence-corrected chi connectivity index (χ4v) is 2.74. The van der Waals surface area contributed by atoms with Crippen LogP contribution in [0.5, 0.6) is 0 Å². The van der Waals surface area contributed by atoms with Crippen LogP contribution in [-0.4, -0.2) is 28.8 Å². The van der Waals surface area contributed by atoms with E-state index in [1.165, 1.54) is 23.1 Å². The molecule has 0 unspecified atom stereocenters. The Morgan fingerprint density at radius 2 is 1.68 bits per heavy atom. The van der Waals surface area contributed by atoms with Crippen molar-refractivity contribution < 1.29 is 18.4 Å². The molecule has 0 radical (unpaired) electrons. The maximum Gasteiger partial charge on any atom is 0.242 e. The van der Waals surface area contributed by atoms with Gasteiger partial charge in [-0.1, -0.05) is 37.3 Å². The first kappa shape index (κ1) is 21.5. The maximum atomic E-state index is 14.0. The second-order valence-corrected chi connectivity index (χ2v) is 6.91. The standard InChI is InChI=1S/C22H26F2N2O2/c1-4-15(2)25-22(28)16(3)26(14-17-9-11-19(23)12-10-17)21(27)13-18-7-5-6-8-20(18)24/h5-12,15-16H,4,13-14H2,1-3H3,(H,25,28)/t15-,16+/m0/s1. The molecule has 0 aliphatic heterocycles. The van der Waals surface area contributed by atoms with Crippen molar-refractivity contribution in [3.63, 3.8) is 0 Å². The van der Waals surface area contributed by atoms with Gasteiger partial charge in [0.1, 0.15) is 17.7 Å². The molecule has 2 rings (SSSR count). The Morgan fingerprint density at radius 1 is 1.04 bits per heavy atom. The van der Waals surface area contributed by atoms with Gasteiger partial charge in [0, 0.05) is 12.6 Å². The zero-order chi connectivity index (χ0) is 20.7. The van der Waals surface area contributed by atoms with E-state index in [9.17, 15) is 18.4 Å². The number of carbonyl (C=O) groups is 2. The molecule has 28 heavy (non-hydrogen) atoms. The summed E-state index contributed by atoms with van der Waals surface area (Å²) in [5.74, 6) is -1.50. The summed E-state index contributed by atoms with van der Waals surface area (Å²) in [7, 11) is 0. The molecule has 150 valence electrons. The minimum atomic E-state index is -0.752. The lowest BCUT2D eigenvalue weighted by Crippen LogP contribution is -2.50. The molecule has 6 heteroatoms. The molecular formula is C22H26F2N2O2. The van der Waals surface area contributed by atoms with E-state index < -0.39 is 11.9 Å². The Kier molecular flexibility index (Phi) is 7.67. The number of hydrogen-bond acceptors (Lipinski definition) is 2. The van der Waals surface area contributed by atoms with Crippen LogP contribution >= 0.6 is 0 Å². The fourth-order valence-electron chi connectivity index (χ4n) is 2.74. The van der Waals surface area contributed by atoms with Crippen molar-refractivity contribution in [2.75, 3.05) is 0 Å². The average molecular weight is 388 g/mol. The highest BCUT2D eigenvalue weighted by molar-refractivity contribution is 5.88. The molecule has 4 nitrogen and oxygen atoms in total. The van der Waals surface area contributed by atoms with Crippen molar-refractivity contribution in [1.82, 2.24) is 10.2 Å². The largest absolute Gasteiger partial charge is 0.352 e. The highest BCUT2D eigenvalue weighted by atomic mass is 19.1. The summed E-state index contributed by atoms with van der Waals surface area (Å²) in [6, 6.07) is 11.0. The van der Waals surface area contributed by atoms with Crippen molar-refractivity contribution in [2.24, 2.45) is 0 Å². The lowest BCUT2D eigenvalue weighted by atomic mass is 10.1. The lowest BCUT2D eigenvalue weighted by molar-refractivity contribution is -0.140. The van der Waals surface area contributed by atoms with Crippen molar-refractivity contribution in [2.45, 2.75) is 52.2 Å². The molecule has 0 aliphatic rings. The summed E-state index contributed by atoms with van der Waals surface area (Å²) >= 11 is 0. The normalized spacial score (nSPS) is 12.9. The van der Waals surface area contributed by atoms with Gasteiger partial charge in [0.15, 0.2) is 0 Å². The van der Waals surface area contributed by atoms with Crippen molar-refractivity contribution in [3.05, 3.63) is 71.3 Å². The third-order valence-electron chi connectivity index (χ3n) is 4.73. The SMILES string of the molecule is CC[C@H](C)NC(=O)[C@@H](C)N(Cc1ccc(F)cc1)C(=O)Cc1ccccc1F. The predicted molar refractivity (Wildman–Crippen MR) is 104 cm³/mol. The molecule has 2 amide bonds. The average Bonchev–Trinajstić information content (AvgIpc) is 2.68. The summed E-state index contributed by atoms with van der Waals surface area (Å²) in [4.78, 5) is 26.9. The Bertz CT molecular complexity index is 808. The number of amides is 2. The third kappa shape index (κ3) is 5.87. The van der Waals surface area contributed by atoms with Crippen LogP contribution in [0.15, 0.2) is 48.5 Å². The second kappa shape index (κ2) is 9.97. The van der Waals surface area contributed by atoms with Gasteiger partial charge in [-0.3, -0.25) is 9.59 Å². The van der Waals surface area contributed by atoms with Gasteiger partial charge in [0.25, 0.3) is 0 Å². The van der Waals surface area contributed by atoms with Crippen LogP contribution in [0.4, 0.5) is 8.78 Å².